The molecule has 0 radical (unpaired) electrons. The molecule has 0 saturated carbocycles. The van der Waals surface area contributed by atoms with Crippen LogP contribution in [0, 0.1) is 17.5 Å². The topological polar surface area (TPSA) is 126 Å². The first kappa shape index (κ1) is 36.8. The van der Waals surface area contributed by atoms with Gasteiger partial charge >= 0.3 is 5.69 Å². The van der Waals surface area contributed by atoms with E-state index in [1.807, 2.05) is 6.07 Å². The summed E-state index contributed by atoms with van der Waals surface area (Å²) < 4.78 is 10.7. The largest absolute Gasteiger partial charge is 0.396 e. The van der Waals surface area contributed by atoms with E-state index >= 15 is 0 Å². The van der Waals surface area contributed by atoms with Crippen LogP contribution in [-0.4, -0.2) is 93.7 Å². The number of piperidine rings is 2. The van der Waals surface area contributed by atoms with Crippen LogP contribution in [0.1, 0.15) is 38.5 Å². The van der Waals surface area contributed by atoms with E-state index in [1.54, 1.807) is 6.20 Å². The number of anilines is 5. The molecule has 12 nitrogen and oxygen atoms in total. The van der Waals surface area contributed by atoms with E-state index < -0.39 is 0 Å². The fourth-order valence-electron chi connectivity index (χ4n) is 5.74. The van der Waals surface area contributed by atoms with E-state index in [0.717, 1.165) is 101 Å². The van der Waals surface area contributed by atoms with E-state index in [9.17, 15) is 10.1 Å². The maximum absolute atomic E-state index is 11.3. The zero-order chi connectivity index (χ0) is 27.7. The Morgan fingerprint density at radius 2 is 1.09 bits per heavy atom. The molecule has 0 unspecified atom stereocenters. The Hall–Kier alpha value is -2.43. The molecule has 0 bridgehead atoms. The average molecular weight is 713 g/mol. The van der Waals surface area contributed by atoms with E-state index in [-0.39, 0.29) is 50.9 Å². The molecule has 4 aliphatic heterocycles. The van der Waals surface area contributed by atoms with Crippen molar-refractivity contribution in [2.75, 3.05) is 104 Å². The van der Waals surface area contributed by atoms with Gasteiger partial charge in [-0.3, -0.25) is 10.1 Å². The Kier molecular flexibility index (Phi) is 15.7. The third-order valence-corrected chi connectivity index (χ3v) is 8.01. The second-order valence-electron chi connectivity index (χ2n) is 10.7. The van der Waals surface area contributed by atoms with E-state index in [0.29, 0.717) is 18.9 Å². The van der Waals surface area contributed by atoms with Gasteiger partial charge in [-0.1, -0.05) is 0 Å². The summed E-state index contributed by atoms with van der Waals surface area (Å²) in [4.78, 5) is 28.6. The molecule has 43 heavy (non-hydrogen) atoms. The maximum Gasteiger partial charge on any atom is 0.310 e. The Bertz CT molecular complexity index is 1130. The van der Waals surface area contributed by atoms with Gasteiger partial charge < -0.3 is 42.2 Å². The van der Waals surface area contributed by atoms with Crippen LogP contribution in [0.5, 0.6) is 0 Å². The molecule has 0 atom stereocenters. The number of aromatic nitrogens is 2. The first-order valence-electron chi connectivity index (χ1n) is 14.7. The SMILES string of the molecule is Cl.Nc1cnc(N2CCOCC2)cc1N1CCCCC1.O=[N+]([O-])c1cnc(N2CCOCC2)cc1N1CCCCC1.[CH3-].[Pd]. The normalized spacial score (nSPS) is 18.7. The molecular formula is C29H46ClN8O4Pd-. The fourth-order valence-corrected chi connectivity index (χ4v) is 5.74. The van der Waals surface area contributed by atoms with Crippen molar-refractivity contribution in [2.45, 2.75) is 38.5 Å². The van der Waals surface area contributed by atoms with E-state index in [1.165, 1.54) is 31.9 Å². The molecule has 4 saturated heterocycles. The summed E-state index contributed by atoms with van der Waals surface area (Å²) >= 11 is 0. The van der Waals surface area contributed by atoms with Gasteiger partial charge in [-0.25, -0.2) is 9.97 Å². The fraction of sp³-hybridized carbons (Fsp3) is 0.621. The van der Waals surface area contributed by atoms with Gasteiger partial charge in [0.15, 0.2) is 0 Å². The molecule has 0 spiro atoms. The van der Waals surface area contributed by atoms with Gasteiger partial charge in [0.1, 0.15) is 23.5 Å². The van der Waals surface area contributed by atoms with Gasteiger partial charge in [0, 0.05) is 84.9 Å². The van der Waals surface area contributed by atoms with Crippen molar-refractivity contribution in [1.29, 1.82) is 0 Å². The van der Waals surface area contributed by atoms with Crippen LogP contribution < -0.4 is 25.3 Å². The number of halogens is 1. The van der Waals surface area contributed by atoms with Crippen molar-refractivity contribution < 1.29 is 34.8 Å². The molecule has 0 aliphatic carbocycles. The molecule has 14 heteroatoms. The first-order valence-corrected chi connectivity index (χ1v) is 14.7. The summed E-state index contributed by atoms with van der Waals surface area (Å²) in [5.41, 5.74) is 8.85. The number of hydrogen-bond acceptors (Lipinski definition) is 11. The van der Waals surface area contributed by atoms with Crippen LogP contribution in [0.25, 0.3) is 0 Å². The van der Waals surface area contributed by atoms with Crippen LogP contribution in [0.4, 0.5) is 34.4 Å². The van der Waals surface area contributed by atoms with Gasteiger partial charge in [0.05, 0.1) is 48.9 Å². The minimum Gasteiger partial charge on any atom is -0.396 e. The Labute approximate surface area is 275 Å². The van der Waals surface area contributed by atoms with Crippen molar-refractivity contribution in [3.8, 4) is 0 Å². The zero-order valence-corrected chi connectivity index (χ0v) is 27.5. The number of ether oxygens (including phenoxy) is 2. The number of nitrogens with two attached hydrogens (primary N) is 1. The van der Waals surface area contributed by atoms with Gasteiger partial charge in [0.25, 0.3) is 0 Å². The third-order valence-electron chi connectivity index (χ3n) is 8.01. The first-order chi connectivity index (χ1) is 19.6. The predicted molar refractivity (Wildman–Crippen MR) is 171 cm³/mol. The maximum atomic E-state index is 11.3. The predicted octanol–water partition coefficient (Wildman–Crippen LogP) is 4.18. The summed E-state index contributed by atoms with van der Waals surface area (Å²) in [5.74, 6) is 1.84. The van der Waals surface area contributed by atoms with Gasteiger partial charge in [-0.2, -0.15) is 0 Å². The molecule has 0 amide bonds. The Morgan fingerprint density at radius 3 is 1.56 bits per heavy atom. The minimum absolute atomic E-state index is 0. The van der Waals surface area contributed by atoms with Gasteiger partial charge in [-0.15, -0.1) is 12.4 Å². The van der Waals surface area contributed by atoms with E-state index in [2.05, 4.69) is 35.6 Å². The number of rotatable bonds is 5. The molecule has 4 fully saturated rings. The van der Waals surface area contributed by atoms with Crippen molar-refractivity contribution >= 4 is 46.8 Å². The number of nitrogens with zero attached hydrogens (tertiary/aromatic N) is 7. The monoisotopic (exact) mass is 711 g/mol. The van der Waals surface area contributed by atoms with E-state index in [4.69, 9.17) is 15.2 Å². The molecule has 6 rings (SSSR count). The molecule has 6 heterocycles. The Balaban J connectivity index is 0.000000282. The summed E-state index contributed by atoms with van der Waals surface area (Å²) in [7, 11) is 0. The minimum atomic E-state index is -0.333. The molecule has 2 aromatic heterocycles. The Morgan fingerprint density at radius 1 is 0.674 bits per heavy atom. The molecular weight excluding hydrogens is 666 g/mol. The smallest absolute Gasteiger partial charge is 0.310 e. The van der Waals surface area contributed by atoms with Crippen LogP contribution >= 0.6 is 12.4 Å². The van der Waals surface area contributed by atoms with Crippen LogP contribution in [-0.2, 0) is 29.9 Å². The summed E-state index contributed by atoms with van der Waals surface area (Å²) in [6, 6.07) is 4.01. The number of pyridine rings is 2. The van der Waals surface area contributed by atoms with Crippen molar-refractivity contribution in [3.63, 3.8) is 0 Å². The second kappa shape index (κ2) is 18.4. The molecule has 2 N–H and O–H groups in total. The molecule has 244 valence electrons. The standard InChI is InChI=1S/C14H20N4O3.C14H22N4O.CH3.ClH.Pd/c19-18(20)13-11-15-14(17-6-8-21-9-7-17)10-12(13)16-4-2-1-3-5-16;15-12-11-16-14(18-6-8-19-9-7-18)10-13(12)17-4-2-1-3-5-17;;;/h10-11H,1-9H2;10-11H,1-9,15H2;1H3;1H;/q;;-1;;. The number of nitrogen functional groups attached to an aromatic ring is 1. The zero-order valence-electron chi connectivity index (χ0n) is 25.1. The van der Waals surface area contributed by atoms with Crippen molar-refractivity contribution in [1.82, 2.24) is 9.97 Å². The number of morpholine rings is 2. The molecule has 2 aromatic rings. The average Bonchev–Trinajstić information content (AvgIpc) is 3.03. The van der Waals surface area contributed by atoms with Crippen LogP contribution in [0.2, 0.25) is 0 Å². The van der Waals surface area contributed by atoms with Crippen molar-refractivity contribution in [2.24, 2.45) is 0 Å². The second-order valence-corrected chi connectivity index (χ2v) is 10.7. The molecule has 0 aromatic carbocycles. The number of nitro groups is 1. The quantitative estimate of drug-likeness (QED) is 0.208. The van der Waals surface area contributed by atoms with Crippen LogP contribution in [0.3, 0.4) is 0 Å². The third kappa shape index (κ3) is 9.78. The summed E-state index contributed by atoms with van der Waals surface area (Å²) in [6.45, 7) is 10.3. The van der Waals surface area contributed by atoms with Crippen molar-refractivity contribution in [3.05, 3.63) is 42.1 Å². The summed E-state index contributed by atoms with van der Waals surface area (Å²) in [5, 5.41) is 11.3. The van der Waals surface area contributed by atoms with Gasteiger partial charge in [-0.05, 0) is 38.5 Å². The summed E-state index contributed by atoms with van der Waals surface area (Å²) in [6.07, 6.45) is 10.4. The van der Waals surface area contributed by atoms with Gasteiger partial charge in [0.2, 0.25) is 0 Å². The molecule has 4 aliphatic rings. The van der Waals surface area contributed by atoms with Crippen LogP contribution in [0.15, 0.2) is 24.5 Å². The number of hydrogen-bond donors (Lipinski definition) is 1.